The largest absolute Gasteiger partial charge is 0.497 e. The molecule has 0 fully saturated rings. The molecule has 7 heteroatoms. The molecule has 2 unspecified atom stereocenters. The van der Waals surface area contributed by atoms with Crippen LogP contribution in [0.5, 0.6) is 5.75 Å². The maximum atomic E-state index is 13.3. The number of ether oxygens (including phenoxy) is 3. The first-order valence-electron chi connectivity index (χ1n) is 9.96. The van der Waals surface area contributed by atoms with Gasteiger partial charge in [0.05, 0.1) is 20.3 Å². The molecule has 31 heavy (non-hydrogen) atoms. The van der Waals surface area contributed by atoms with E-state index >= 15 is 0 Å². The zero-order valence-corrected chi connectivity index (χ0v) is 18.0. The zero-order valence-electron chi connectivity index (χ0n) is 18.0. The molecule has 2 aromatic carbocycles. The van der Waals surface area contributed by atoms with Crippen molar-refractivity contribution in [3.05, 3.63) is 65.2 Å². The van der Waals surface area contributed by atoms with Crippen molar-refractivity contribution in [2.45, 2.75) is 20.8 Å². The third-order valence-corrected chi connectivity index (χ3v) is 4.69. The van der Waals surface area contributed by atoms with Gasteiger partial charge in [-0.1, -0.05) is 29.8 Å². The van der Waals surface area contributed by atoms with Crippen LogP contribution in [0.2, 0.25) is 0 Å². The Hall–Kier alpha value is -3.48. The molecule has 0 radical (unpaired) electrons. The minimum Gasteiger partial charge on any atom is -0.497 e. The van der Waals surface area contributed by atoms with Crippen LogP contribution in [0.15, 0.2) is 48.5 Å². The lowest BCUT2D eigenvalue weighted by atomic mass is 9.80. The number of rotatable bonds is 10. The SMILES string of the molecule is CCOC(=O)C(C(=O)c1ccc(C)cc1)C(C(=O)OCC)C(=O)c1ccc(OC)cc1. The van der Waals surface area contributed by atoms with Crippen molar-refractivity contribution >= 4 is 23.5 Å². The summed E-state index contributed by atoms with van der Waals surface area (Å²) in [6.45, 7) is 4.98. The van der Waals surface area contributed by atoms with E-state index in [0.29, 0.717) is 5.75 Å². The number of ketones is 2. The highest BCUT2D eigenvalue weighted by molar-refractivity contribution is 6.19. The molecule has 2 atom stereocenters. The first-order chi connectivity index (χ1) is 14.8. The standard InChI is InChI=1S/C24H26O7/c1-5-30-23(27)19(21(25)16-9-7-15(3)8-10-16)20(24(28)31-6-2)22(26)17-11-13-18(29-4)14-12-17/h7-14,19-20H,5-6H2,1-4H3. The van der Waals surface area contributed by atoms with E-state index in [4.69, 9.17) is 14.2 Å². The molecular weight excluding hydrogens is 400 g/mol. The quantitative estimate of drug-likeness (QED) is 0.326. The number of benzene rings is 2. The van der Waals surface area contributed by atoms with Gasteiger partial charge < -0.3 is 14.2 Å². The first-order valence-corrected chi connectivity index (χ1v) is 9.96. The summed E-state index contributed by atoms with van der Waals surface area (Å²) in [7, 11) is 1.48. The molecule has 0 saturated heterocycles. The predicted molar refractivity (Wildman–Crippen MR) is 113 cm³/mol. The molecule has 0 amide bonds. The summed E-state index contributed by atoms with van der Waals surface area (Å²) < 4.78 is 15.2. The van der Waals surface area contributed by atoms with E-state index in [2.05, 4.69) is 0 Å². The van der Waals surface area contributed by atoms with Crippen molar-refractivity contribution in [2.75, 3.05) is 20.3 Å². The van der Waals surface area contributed by atoms with Gasteiger partial charge in [0, 0.05) is 11.1 Å². The number of hydrogen-bond acceptors (Lipinski definition) is 7. The molecule has 0 aliphatic heterocycles. The molecule has 0 aliphatic carbocycles. The average Bonchev–Trinajstić information content (AvgIpc) is 2.77. The summed E-state index contributed by atoms with van der Waals surface area (Å²) in [5.74, 6) is -6.13. The Labute approximate surface area is 181 Å². The molecular formula is C24H26O7. The molecule has 0 bridgehead atoms. The van der Waals surface area contributed by atoms with Crippen LogP contribution in [0.25, 0.3) is 0 Å². The number of Topliss-reactive ketones (excluding diaryl/α,β-unsaturated/α-hetero) is 2. The van der Waals surface area contributed by atoms with Crippen LogP contribution in [0.1, 0.15) is 40.1 Å². The fourth-order valence-corrected chi connectivity index (χ4v) is 3.09. The number of carbonyl (C=O) groups is 4. The van der Waals surface area contributed by atoms with Gasteiger partial charge in [0.15, 0.2) is 11.6 Å². The van der Waals surface area contributed by atoms with Crippen LogP contribution in [0.3, 0.4) is 0 Å². The van der Waals surface area contributed by atoms with Gasteiger partial charge in [-0.05, 0) is 45.0 Å². The Morgan fingerprint density at radius 1 is 0.710 bits per heavy atom. The van der Waals surface area contributed by atoms with E-state index in [9.17, 15) is 19.2 Å². The van der Waals surface area contributed by atoms with Crippen molar-refractivity contribution in [1.82, 2.24) is 0 Å². The Balaban J connectivity index is 2.55. The molecule has 0 heterocycles. The summed E-state index contributed by atoms with van der Waals surface area (Å²) in [5.41, 5.74) is 1.26. The maximum absolute atomic E-state index is 13.3. The van der Waals surface area contributed by atoms with Gasteiger partial charge in [-0.2, -0.15) is 0 Å². The van der Waals surface area contributed by atoms with E-state index < -0.39 is 35.3 Å². The Bertz CT molecular complexity index is 929. The van der Waals surface area contributed by atoms with Gasteiger partial charge in [0.2, 0.25) is 0 Å². The number of hydrogen-bond donors (Lipinski definition) is 0. The molecule has 0 N–H and O–H groups in total. The van der Waals surface area contributed by atoms with Gasteiger partial charge in [-0.15, -0.1) is 0 Å². The summed E-state index contributed by atoms with van der Waals surface area (Å²) >= 11 is 0. The van der Waals surface area contributed by atoms with Crippen LogP contribution < -0.4 is 4.74 Å². The second-order valence-electron chi connectivity index (χ2n) is 6.78. The summed E-state index contributed by atoms with van der Waals surface area (Å²) in [5, 5.41) is 0. The topological polar surface area (TPSA) is 96.0 Å². The molecule has 0 saturated carbocycles. The van der Waals surface area contributed by atoms with Crippen LogP contribution in [0.4, 0.5) is 0 Å². The van der Waals surface area contributed by atoms with Crippen LogP contribution in [-0.2, 0) is 19.1 Å². The van der Waals surface area contributed by atoms with Crippen LogP contribution in [-0.4, -0.2) is 43.8 Å². The van der Waals surface area contributed by atoms with E-state index in [0.717, 1.165) is 5.56 Å². The Kier molecular flexibility index (Phi) is 8.49. The molecule has 0 spiro atoms. The highest BCUT2D eigenvalue weighted by Gasteiger charge is 2.46. The van der Waals surface area contributed by atoms with Gasteiger partial charge in [-0.3, -0.25) is 19.2 Å². The summed E-state index contributed by atoms with van der Waals surface area (Å²) in [6.07, 6.45) is 0. The van der Waals surface area contributed by atoms with E-state index in [1.165, 1.54) is 19.2 Å². The minimum atomic E-state index is -1.68. The van der Waals surface area contributed by atoms with Crippen molar-refractivity contribution < 1.29 is 33.4 Å². The van der Waals surface area contributed by atoms with E-state index in [1.54, 1.807) is 50.2 Å². The lowest BCUT2D eigenvalue weighted by Gasteiger charge is -2.22. The molecule has 0 aromatic heterocycles. The number of carbonyl (C=O) groups excluding carboxylic acids is 4. The first kappa shape index (κ1) is 23.8. The predicted octanol–water partition coefficient (Wildman–Crippen LogP) is 3.43. The van der Waals surface area contributed by atoms with Crippen LogP contribution >= 0.6 is 0 Å². The van der Waals surface area contributed by atoms with Gasteiger partial charge >= 0.3 is 11.9 Å². The lowest BCUT2D eigenvalue weighted by molar-refractivity contribution is -0.156. The van der Waals surface area contributed by atoms with E-state index in [-0.39, 0.29) is 24.3 Å². The van der Waals surface area contributed by atoms with Gasteiger partial charge in [0.1, 0.15) is 17.6 Å². The second-order valence-corrected chi connectivity index (χ2v) is 6.78. The van der Waals surface area contributed by atoms with Gasteiger partial charge in [0.25, 0.3) is 0 Å². The highest BCUT2D eigenvalue weighted by atomic mass is 16.5. The normalized spacial score (nSPS) is 12.4. The summed E-state index contributed by atoms with van der Waals surface area (Å²) in [6, 6.07) is 12.5. The average molecular weight is 426 g/mol. The van der Waals surface area contributed by atoms with Crippen molar-refractivity contribution in [2.24, 2.45) is 11.8 Å². The summed E-state index contributed by atoms with van der Waals surface area (Å²) in [4.78, 5) is 52.2. The molecule has 2 rings (SSSR count). The lowest BCUT2D eigenvalue weighted by Crippen LogP contribution is -2.42. The van der Waals surface area contributed by atoms with Crippen molar-refractivity contribution in [1.29, 1.82) is 0 Å². The van der Waals surface area contributed by atoms with Crippen molar-refractivity contribution in [3.63, 3.8) is 0 Å². The third-order valence-electron chi connectivity index (χ3n) is 4.69. The fourth-order valence-electron chi connectivity index (χ4n) is 3.09. The third kappa shape index (κ3) is 5.78. The van der Waals surface area contributed by atoms with Crippen molar-refractivity contribution in [3.8, 4) is 5.75 Å². The number of methoxy groups -OCH3 is 1. The Morgan fingerprint density at radius 3 is 1.45 bits per heavy atom. The van der Waals surface area contributed by atoms with E-state index in [1.807, 2.05) is 6.92 Å². The highest BCUT2D eigenvalue weighted by Crippen LogP contribution is 2.26. The number of esters is 2. The van der Waals surface area contributed by atoms with Crippen LogP contribution in [0, 0.1) is 18.8 Å². The Morgan fingerprint density at radius 2 is 1.10 bits per heavy atom. The van der Waals surface area contributed by atoms with Gasteiger partial charge in [-0.25, -0.2) is 0 Å². The zero-order chi connectivity index (χ0) is 23.0. The minimum absolute atomic E-state index is 0.0111. The second kappa shape index (κ2) is 11.1. The smallest absolute Gasteiger partial charge is 0.318 e. The monoisotopic (exact) mass is 426 g/mol. The molecule has 2 aromatic rings. The number of aryl methyl sites for hydroxylation is 1. The molecule has 7 nitrogen and oxygen atoms in total. The maximum Gasteiger partial charge on any atom is 0.318 e. The molecule has 0 aliphatic rings. The molecule has 164 valence electrons. The fraction of sp³-hybridized carbons (Fsp3) is 0.333.